The molecule has 2 heterocycles. The van der Waals surface area contributed by atoms with Crippen molar-refractivity contribution in [1.82, 2.24) is 14.5 Å². The predicted octanol–water partition coefficient (Wildman–Crippen LogP) is 2.42. The van der Waals surface area contributed by atoms with Gasteiger partial charge >= 0.3 is 0 Å². The van der Waals surface area contributed by atoms with Crippen LogP contribution in [0.1, 0.15) is 24.7 Å². The Balaban J connectivity index is 2.06. The first-order chi connectivity index (χ1) is 9.22. The number of amides is 1. The molecule has 1 aromatic heterocycles. The monoisotopic (exact) mass is 255 g/mol. The fourth-order valence-corrected chi connectivity index (χ4v) is 2.88. The van der Waals surface area contributed by atoms with Crippen LogP contribution in [0.15, 0.2) is 36.9 Å². The molecule has 19 heavy (non-hydrogen) atoms. The zero-order valence-electron chi connectivity index (χ0n) is 11.0. The SMILES string of the molecule is C=CC(=O)N1CCC[C@H]1c1nc2ccccc2n1C. The molecule has 2 aromatic rings. The van der Waals surface area contributed by atoms with E-state index in [0.717, 1.165) is 36.2 Å². The summed E-state index contributed by atoms with van der Waals surface area (Å²) >= 11 is 0. The molecule has 1 aliphatic rings. The number of hydrogen-bond donors (Lipinski definition) is 0. The maximum atomic E-state index is 11.9. The van der Waals surface area contributed by atoms with E-state index in [1.54, 1.807) is 0 Å². The summed E-state index contributed by atoms with van der Waals surface area (Å²) in [7, 11) is 2.01. The Morgan fingerprint density at radius 2 is 2.26 bits per heavy atom. The first-order valence-corrected chi connectivity index (χ1v) is 6.56. The lowest BCUT2D eigenvalue weighted by atomic mass is 10.2. The molecule has 1 fully saturated rings. The molecule has 0 bridgehead atoms. The Bertz CT molecular complexity index is 644. The van der Waals surface area contributed by atoms with E-state index in [1.807, 2.05) is 30.1 Å². The lowest BCUT2D eigenvalue weighted by molar-refractivity contribution is -0.127. The lowest BCUT2D eigenvalue weighted by Crippen LogP contribution is -2.30. The van der Waals surface area contributed by atoms with E-state index in [-0.39, 0.29) is 11.9 Å². The van der Waals surface area contributed by atoms with Crippen LogP contribution in [0, 0.1) is 0 Å². The smallest absolute Gasteiger partial charge is 0.246 e. The molecule has 0 unspecified atom stereocenters. The zero-order valence-corrected chi connectivity index (χ0v) is 11.0. The van der Waals surface area contributed by atoms with E-state index in [2.05, 4.69) is 17.2 Å². The van der Waals surface area contributed by atoms with Crippen LogP contribution in [0.4, 0.5) is 0 Å². The lowest BCUT2D eigenvalue weighted by Gasteiger charge is -2.22. The average molecular weight is 255 g/mol. The van der Waals surface area contributed by atoms with Crippen LogP contribution in [0.25, 0.3) is 11.0 Å². The van der Waals surface area contributed by atoms with Gasteiger partial charge in [-0.05, 0) is 31.1 Å². The van der Waals surface area contributed by atoms with Gasteiger partial charge in [-0.1, -0.05) is 18.7 Å². The normalized spacial score (nSPS) is 19.0. The summed E-state index contributed by atoms with van der Waals surface area (Å²) in [5, 5.41) is 0. The molecule has 1 saturated heterocycles. The second-order valence-corrected chi connectivity index (χ2v) is 4.91. The van der Waals surface area contributed by atoms with Crippen LogP contribution in [0.5, 0.6) is 0 Å². The Hall–Kier alpha value is -2.10. The van der Waals surface area contributed by atoms with Crippen molar-refractivity contribution in [3.8, 4) is 0 Å². The van der Waals surface area contributed by atoms with E-state index in [1.165, 1.54) is 6.08 Å². The van der Waals surface area contributed by atoms with E-state index >= 15 is 0 Å². The van der Waals surface area contributed by atoms with Crippen LogP contribution in [-0.2, 0) is 11.8 Å². The summed E-state index contributed by atoms with van der Waals surface area (Å²) in [4.78, 5) is 18.5. The first-order valence-electron chi connectivity index (χ1n) is 6.56. The Labute approximate surface area is 112 Å². The van der Waals surface area contributed by atoms with E-state index < -0.39 is 0 Å². The minimum atomic E-state index is -0.00504. The van der Waals surface area contributed by atoms with E-state index in [0.29, 0.717) is 0 Å². The van der Waals surface area contributed by atoms with Crippen molar-refractivity contribution in [2.45, 2.75) is 18.9 Å². The summed E-state index contributed by atoms with van der Waals surface area (Å²) in [5.41, 5.74) is 2.09. The molecular formula is C15H17N3O. The molecular weight excluding hydrogens is 238 g/mol. The second-order valence-electron chi connectivity index (χ2n) is 4.91. The van der Waals surface area contributed by atoms with Gasteiger partial charge in [-0.25, -0.2) is 4.98 Å². The van der Waals surface area contributed by atoms with Gasteiger partial charge in [0.25, 0.3) is 0 Å². The van der Waals surface area contributed by atoms with Gasteiger partial charge in [0.05, 0.1) is 17.1 Å². The highest BCUT2D eigenvalue weighted by molar-refractivity contribution is 5.87. The topological polar surface area (TPSA) is 38.1 Å². The van der Waals surface area contributed by atoms with Gasteiger partial charge in [0.15, 0.2) is 0 Å². The maximum absolute atomic E-state index is 11.9. The van der Waals surface area contributed by atoms with Crippen molar-refractivity contribution in [3.63, 3.8) is 0 Å². The molecule has 0 spiro atoms. The molecule has 3 rings (SSSR count). The van der Waals surface area contributed by atoms with Gasteiger partial charge in [-0.3, -0.25) is 4.79 Å². The minimum Gasteiger partial charge on any atom is -0.329 e. The standard InChI is InChI=1S/C15H17N3O/c1-3-14(19)18-10-6-9-13(18)15-16-11-7-4-5-8-12(11)17(15)2/h3-5,7-8,13H,1,6,9-10H2,2H3/t13-/m0/s1. The zero-order chi connectivity index (χ0) is 13.4. The van der Waals surface area contributed by atoms with Crippen molar-refractivity contribution in [2.75, 3.05) is 6.54 Å². The number of imidazole rings is 1. The number of hydrogen-bond acceptors (Lipinski definition) is 2. The van der Waals surface area contributed by atoms with Gasteiger partial charge in [-0.15, -0.1) is 0 Å². The molecule has 0 N–H and O–H groups in total. The van der Waals surface area contributed by atoms with Gasteiger partial charge in [-0.2, -0.15) is 0 Å². The fourth-order valence-electron chi connectivity index (χ4n) is 2.88. The summed E-state index contributed by atoms with van der Waals surface area (Å²) in [6.07, 6.45) is 3.38. The molecule has 0 aliphatic carbocycles. The molecule has 4 heteroatoms. The van der Waals surface area contributed by atoms with Crippen LogP contribution in [0.3, 0.4) is 0 Å². The van der Waals surface area contributed by atoms with E-state index in [4.69, 9.17) is 4.98 Å². The molecule has 1 amide bonds. The molecule has 0 radical (unpaired) electrons. The van der Waals surface area contributed by atoms with Crippen LogP contribution >= 0.6 is 0 Å². The third-order valence-electron chi connectivity index (χ3n) is 3.83. The Morgan fingerprint density at radius 3 is 3.00 bits per heavy atom. The molecule has 1 aromatic carbocycles. The Morgan fingerprint density at radius 1 is 1.47 bits per heavy atom. The second kappa shape index (κ2) is 4.53. The van der Waals surface area contributed by atoms with Gasteiger partial charge in [0, 0.05) is 13.6 Å². The highest BCUT2D eigenvalue weighted by Crippen LogP contribution is 2.32. The number of fused-ring (bicyclic) bond motifs is 1. The largest absolute Gasteiger partial charge is 0.329 e. The summed E-state index contributed by atoms with van der Waals surface area (Å²) < 4.78 is 2.09. The maximum Gasteiger partial charge on any atom is 0.246 e. The predicted molar refractivity (Wildman–Crippen MR) is 74.6 cm³/mol. The average Bonchev–Trinajstić information content (AvgIpc) is 3.03. The van der Waals surface area contributed by atoms with Gasteiger partial charge in [0.1, 0.15) is 5.82 Å². The number of aromatic nitrogens is 2. The quantitative estimate of drug-likeness (QED) is 0.773. The van der Waals surface area contributed by atoms with E-state index in [9.17, 15) is 4.79 Å². The van der Waals surface area contributed by atoms with Crippen molar-refractivity contribution >= 4 is 16.9 Å². The van der Waals surface area contributed by atoms with Gasteiger partial charge in [0.2, 0.25) is 5.91 Å². The number of aryl methyl sites for hydroxylation is 1. The van der Waals surface area contributed by atoms with Crippen LogP contribution in [0.2, 0.25) is 0 Å². The summed E-state index contributed by atoms with van der Waals surface area (Å²) in [6.45, 7) is 4.37. The van der Waals surface area contributed by atoms with Crippen molar-refractivity contribution in [3.05, 3.63) is 42.7 Å². The number of rotatable bonds is 2. The highest BCUT2D eigenvalue weighted by atomic mass is 16.2. The van der Waals surface area contributed by atoms with Gasteiger partial charge < -0.3 is 9.47 Å². The third kappa shape index (κ3) is 1.84. The molecule has 1 atom stereocenters. The molecule has 0 saturated carbocycles. The number of carbonyl (C=O) groups excluding carboxylic acids is 1. The van der Waals surface area contributed by atoms with Crippen molar-refractivity contribution in [2.24, 2.45) is 7.05 Å². The molecule has 4 nitrogen and oxygen atoms in total. The molecule has 98 valence electrons. The van der Waals surface area contributed by atoms with Crippen molar-refractivity contribution < 1.29 is 4.79 Å². The van der Waals surface area contributed by atoms with Crippen LogP contribution in [-0.4, -0.2) is 26.9 Å². The number of nitrogens with zero attached hydrogens (tertiary/aromatic N) is 3. The first kappa shape index (κ1) is 12.0. The minimum absolute atomic E-state index is 0.00504. The summed E-state index contributed by atoms with van der Waals surface area (Å²) in [5.74, 6) is 0.962. The fraction of sp³-hybridized carbons (Fsp3) is 0.333. The highest BCUT2D eigenvalue weighted by Gasteiger charge is 2.31. The number of carbonyl (C=O) groups is 1. The Kier molecular flexibility index (Phi) is 2.85. The number of para-hydroxylation sites is 2. The number of likely N-dealkylation sites (tertiary alicyclic amines) is 1. The summed E-state index contributed by atoms with van der Waals surface area (Å²) in [6, 6.07) is 8.13. The molecule has 1 aliphatic heterocycles. The van der Waals surface area contributed by atoms with Crippen LogP contribution < -0.4 is 0 Å². The number of benzene rings is 1. The van der Waals surface area contributed by atoms with Crippen molar-refractivity contribution in [1.29, 1.82) is 0 Å². The third-order valence-corrected chi connectivity index (χ3v) is 3.83.